The molecule has 0 radical (unpaired) electrons. The summed E-state index contributed by atoms with van der Waals surface area (Å²) in [6.07, 6.45) is -5.30. The molecule has 42 heavy (non-hydrogen) atoms. The first-order chi connectivity index (χ1) is 19.2. The molecule has 3 aromatic heterocycles. The lowest BCUT2D eigenvalue weighted by atomic mass is 10.1. The van der Waals surface area contributed by atoms with Gasteiger partial charge in [0.25, 0.3) is 11.5 Å². The molecule has 2 N–H and O–H groups in total. The van der Waals surface area contributed by atoms with E-state index in [1.54, 1.807) is 12.3 Å². The number of aromatic nitrogens is 3. The standard InChI is InChI=1S/C24H21ClF3N5O7S.ClH/c1-11-13(19-20(37)31(2)23(38)32(3)21(19)39-11)7-17(34)30-22-33(10-29-8-18(35)36)15(9-41-22)12-4-5-16(14(25)6-12)40-24(26,27)28;/h4-6,9,29H,7-8,10H2,1-3H3,(H,35,36);1H. The van der Waals surface area contributed by atoms with Crippen molar-refractivity contribution in [3.05, 3.63) is 65.6 Å². The number of thiazole rings is 1. The Balaban J connectivity index is 0.00000484. The van der Waals surface area contributed by atoms with E-state index in [0.717, 1.165) is 26.5 Å². The fourth-order valence-electron chi connectivity index (χ4n) is 4.04. The van der Waals surface area contributed by atoms with Crippen LogP contribution in [0.5, 0.6) is 5.75 Å². The summed E-state index contributed by atoms with van der Waals surface area (Å²) in [5, 5.41) is 13.0. The van der Waals surface area contributed by atoms with Crippen molar-refractivity contribution in [2.45, 2.75) is 26.4 Å². The summed E-state index contributed by atoms with van der Waals surface area (Å²) in [6.45, 7) is 0.977. The van der Waals surface area contributed by atoms with E-state index >= 15 is 0 Å². The van der Waals surface area contributed by atoms with Crippen molar-refractivity contribution in [3.8, 4) is 17.0 Å². The minimum atomic E-state index is -4.95. The predicted molar refractivity (Wildman–Crippen MR) is 148 cm³/mol. The highest BCUT2D eigenvalue weighted by atomic mass is 35.5. The summed E-state index contributed by atoms with van der Waals surface area (Å²) in [5.74, 6) is -2.19. The van der Waals surface area contributed by atoms with Gasteiger partial charge >= 0.3 is 18.0 Å². The second-order valence-corrected chi connectivity index (χ2v) is 9.95. The first kappa shape index (κ1) is 32.7. The van der Waals surface area contributed by atoms with Crippen LogP contribution in [0.15, 0.2) is 42.6 Å². The molecule has 0 saturated heterocycles. The summed E-state index contributed by atoms with van der Waals surface area (Å²) in [6, 6.07) is 3.57. The summed E-state index contributed by atoms with van der Waals surface area (Å²) < 4.78 is 50.9. The third-order valence-corrected chi connectivity index (χ3v) is 7.09. The number of aryl methyl sites for hydroxylation is 2. The molecule has 0 fully saturated rings. The largest absolute Gasteiger partial charge is 0.573 e. The Bertz CT molecular complexity index is 1870. The summed E-state index contributed by atoms with van der Waals surface area (Å²) in [5.41, 5.74) is -0.257. The van der Waals surface area contributed by atoms with Crippen LogP contribution in [0.25, 0.3) is 22.4 Å². The van der Waals surface area contributed by atoms with Gasteiger partial charge in [0.05, 0.1) is 30.4 Å². The number of alkyl halides is 3. The van der Waals surface area contributed by atoms with Crippen LogP contribution < -0.4 is 26.1 Å². The number of amides is 1. The molecule has 0 aliphatic carbocycles. The number of hydrogen-bond acceptors (Lipinski definition) is 8. The van der Waals surface area contributed by atoms with Crippen molar-refractivity contribution in [1.29, 1.82) is 0 Å². The number of carboxylic acids is 1. The second kappa shape index (κ2) is 12.6. The second-order valence-electron chi connectivity index (χ2n) is 8.71. The van der Waals surface area contributed by atoms with Crippen LogP contribution in [0.3, 0.4) is 0 Å². The van der Waals surface area contributed by atoms with Crippen LogP contribution in [-0.2, 0) is 36.8 Å². The number of ether oxygens (including phenoxy) is 1. The number of furan rings is 1. The van der Waals surface area contributed by atoms with Crippen molar-refractivity contribution in [2.24, 2.45) is 19.1 Å². The number of benzene rings is 1. The fraction of sp³-hybridized carbons (Fsp3) is 0.292. The Morgan fingerprint density at radius 1 is 1.21 bits per heavy atom. The van der Waals surface area contributed by atoms with Gasteiger partial charge in [0.15, 0.2) is 4.80 Å². The van der Waals surface area contributed by atoms with E-state index < -0.39 is 41.8 Å². The zero-order chi connectivity index (χ0) is 30.2. The van der Waals surface area contributed by atoms with Gasteiger partial charge in [-0.15, -0.1) is 36.9 Å². The van der Waals surface area contributed by atoms with E-state index in [2.05, 4.69) is 15.0 Å². The molecule has 0 spiro atoms. The summed E-state index contributed by atoms with van der Waals surface area (Å²) in [4.78, 5) is 53.4. The molecule has 0 unspecified atom stereocenters. The first-order valence-electron chi connectivity index (χ1n) is 11.6. The maximum absolute atomic E-state index is 13.1. The van der Waals surface area contributed by atoms with Crippen LogP contribution in [0.1, 0.15) is 11.3 Å². The van der Waals surface area contributed by atoms with E-state index in [9.17, 15) is 32.3 Å². The molecule has 3 heterocycles. The monoisotopic (exact) mass is 651 g/mol. The molecular weight excluding hydrogens is 630 g/mol. The number of nitrogens with zero attached hydrogens (tertiary/aromatic N) is 4. The highest BCUT2D eigenvalue weighted by Gasteiger charge is 2.32. The van der Waals surface area contributed by atoms with Gasteiger partial charge in [-0.05, 0) is 25.1 Å². The van der Waals surface area contributed by atoms with E-state index in [-0.39, 0.29) is 57.7 Å². The molecule has 0 aliphatic rings. The number of carboxylic acid groups (broad SMARTS) is 1. The number of hydrogen-bond donors (Lipinski definition) is 2. The van der Waals surface area contributed by atoms with Gasteiger partial charge in [0.2, 0.25) is 5.71 Å². The van der Waals surface area contributed by atoms with Crippen molar-refractivity contribution in [1.82, 2.24) is 19.0 Å². The molecule has 4 aromatic rings. The minimum Gasteiger partial charge on any atom is -0.480 e. The highest BCUT2D eigenvalue weighted by molar-refractivity contribution is 7.07. The maximum atomic E-state index is 13.1. The van der Waals surface area contributed by atoms with Crippen molar-refractivity contribution in [3.63, 3.8) is 0 Å². The minimum absolute atomic E-state index is 0. The quantitative estimate of drug-likeness (QED) is 0.295. The fourth-order valence-corrected chi connectivity index (χ4v) is 5.18. The number of fused-ring (bicyclic) bond motifs is 1. The Labute approximate surface area is 248 Å². The molecule has 0 bridgehead atoms. The normalized spacial score (nSPS) is 12.0. The van der Waals surface area contributed by atoms with Crippen LogP contribution in [0, 0.1) is 6.92 Å². The Kier molecular flexibility index (Phi) is 9.77. The molecular formula is C24H22Cl2F3N5O7S. The number of rotatable bonds is 8. The van der Waals surface area contributed by atoms with Crippen molar-refractivity contribution >= 4 is 58.3 Å². The van der Waals surface area contributed by atoms with Crippen LogP contribution >= 0.6 is 35.3 Å². The molecule has 0 aliphatic heterocycles. The average Bonchev–Trinajstić information content (AvgIpc) is 3.42. The smallest absolute Gasteiger partial charge is 0.480 e. The van der Waals surface area contributed by atoms with Crippen molar-refractivity contribution in [2.75, 3.05) is 6.54 Å². The molecule has 1 aromatic carbocycles. The van der Waals surface area contributed by atoms with Gasteiger partial charge in [-0.3, -0.25) is 28.8 Å². The third-order valence-electron chi connectivity index (χ3n) is 5.93. The third kappa shape index (κ3) is 6.78. The molecule has 0 atom stereocenters. The van der Waals surface area contributed by atoms with Crippen LogP contribution in [-0.4, -0.2) is 43.6 Å². The van der Waals surface area contributed by atoms with Gasteiger partial charge < -0.3 is 18.8 Å². The first-order valence-corrected chi connectivity index (χ1v) is 12.9. The Morgan fingerprint density at radius 3 is 2.52 bits per heavy atom. The van der Waals surface area contributed by atoms with Crippen LogP contribution in [0.2, 0.25) is 5.02 Å². The summed E-state index contributed by atoms with van der Waals surface area (Å²) >= 11 is 7.01. The Hall–Kier alpha value is -3.86. The molecule has 1 amide bonds. The topological polar surface area (TPSA) is 150 Å². The molecule has 18 heteroatoms. The average molecular weight is 652 g/mol. The van der Waals surface area contributed by atoms with E-state index in [0.29, 0.717) is 11.3 Å². The number of aliphatic carboxylic acids is 1. The van der Waals surface area contributed by atoms with Gasteiger partial charge in [-0.2, -0.15) is 4.99 Å². The lowest BCUT2D eigenvalue weighted by molar-refractivity contribution is -0.274. The van der Waals surface area contributed by atoms with E-state index in [4.69, 9.17) is 21.1 Å². The zero-order valence-electron chi connectivity index (χ0n) is 21.9. The molecule has 0 saturated carbocycles. The lowest BCUT2D eigenvalue weighted by Crippen LogP contribution is -2.36. The summed E-state index contributed by atoms with van der Waals surface area (Å²) in [7, 11) is 2.73. The molecule has 226 valence electrons. The zero-order valence-corrected chi connectivity index (χ0v) is 24.3. The number of carbonyl (C=O) groups excluding carboxylic acids is 1. The van der Waals surface area contributed by atoms with Crippen LogP contribution in [0.4, 0.5) is 13.2 Å². The SMILES string of the molecule is Cc1oc2c(c1CC(=O)N=c1scc(-c3ccc(OC(F)(F)F)c(Cl)c3)n1CNCC(=O)O)c(=O)n(C)c(=O)n2C.Cl. The predicted octanol–water partition coefficient (Wildman–Crippen LogP) is 2.94. The Morgan fingerprint density at radius 2 is 1.90 bits per heavy atom. The van der Waals surface area contributed by atoms with E-state index in [1.807, 2.05) is 0 Å². The van der Waals surface area contributed by atoms with Gasteiger partial charge in [-0.1, -0.05) is 11.6 Å². The number of nitrogens with one attached hydrogen (secondary N) is 1. The van der Waals surface area contributed by atoms with Gasteiger partial charge in [0, 0.05) is 30.6 Å². The lowest BCUT2D eigenvalue weighted by Gasteiger charge is -2.13. The van der Waals surface area contributed by atoms with Crippen molar-refractivity contribution < 1.29 is 37.0 Å². The molecule has 12 nitrogen and oxygen atoms in total. The highest BCUT2D eigenvalue weighted by Crippen LogP contribution is 2.34. The number of carbonyl (C=O) groups is 2. The van der Waals surface area contributed by atoms with Gasteiger partial charge in [-0.25, -0.2) is 4.79 Å². The van der Waals surface area contributed by atoms with E-state index in [1.165, 1.54) is 30.8 Å². The number of halogens is 5. The maximum Gasteiger partial charge on any atom is 0.573 e. The molecule has 4 rings (SSSR count). The van der Waals surface area contributed by atoms with Gasteiger partial charge in [0.1, 0.15) is 16.9 Å².